The second-order valence-electron chi connectivity index (χ2n) is 7.09. The van der Waals surface area contributed by atoms with Crippen molar-refractivity contribution in [3.8, 4) is 22.8 Å². The molecule has 3 heterocycles. The molecule has 166 valence electrons. The molecule has 13 heteroatoms. The molecule has 0 bridgehead atoms. The van der Waals surface area contributed by atoms with Gasteiger partial charge < -0.3 is 14.8 Å². The number of anilines is 2. The third-order valence-corrected chi connectivity index (χ3v) is 5.32. The molecule has 2 aromatic carbocycles. The largest absolute Gasteiger partial charge is 0.493 e. The van der Waals surface area contributed by atoms with Crippen LogP contribution in [0, 0.1) is 10.1 Å². The predicted molar refractivity (Wildman–Crippen MR) is 115 cm³/mol. The molecule has 33 heavy (non-hydrogen) atoms. The SMILES string of the molecule is COc1ccc(-c2n[nH]c(=O)c3c2[C@@H](c2cccc([N+](=O)[O-])c2)n2nnnc2N3)cc1OC. The predicted octanol–water partition coefficient (Wildman–Crippen LogP) is 2.04. The second-order valence-corrected chi connectivity index (χ2v) is 7.09. The number of rotatable bonds is 5. The molecule has 0 fully saturated rings. The monoisotopic (exact) mass is 448 g/mol. The number of aromatic nitrogens is 6. The van der Waals surface area contributed by atoms with Crippen molar-refractivity contribution in [1.82, 2.24) is 30.4 Å². The van der Waals surface area contributed by atoms with Crippen LogP contribution in [0.5, 0.6) is 11.5 Å². The fraction of sp³-hybridized carbons (Fsp3) is 0.150. The number of fused-ring (bicyclic) bond motifs is 2. The van der Waals surface area contributed by atoms with Crippen LogP contribution in [0.4, 0.5) is 17.3 Å². The molecule has 0 aliphatic carbocycles. The quantitative estimate of drug-likeness (QED) is 0.300. The number of nitrogens with zero attached hydrogens (tertiary/aromatic N) is 6. The van der Waals surface area contributed by atoms with Crippen LogP contribution in [0.3, 0.4) is 0 Å². The van der Waals surface area contributed by atoms with Crippen LogP contribution < -0.4 is 20.3 Å². The summed E-state index contributed by atoms with van der Waals surface area (Å²) in [4.78, 5) is 23.7. The van der Waals surface area contributed by atoms with E-state index < -0.39 is 16.5 Å². The molecule has 0 saturated carbocycles. The van der Waals surface area contributed by atoms with Crippen molar-refractivity contribution in [1.29, 1.82) is 0 Å². The lowest BCUT2D eigenvalue weighted by Gasteiger charge is -2.27. The van der Waals surface area contributed by atoms with Gasteiger partial charge in [-0.15, -0.1) is 0 Å². The first kappa shape index (κ1) is 20.1. The minimum Gasteiger partial charge on any atom is -0.493 e. The molecule has 0 amide bonds. The number of hydrogen-bond acceptors (Lipinski definition) is 10. The third kappa shape index (κ3) is 3.22. The minimum absolute atomic E-state index is 0.104. The lowest BCUT2D eigenvalue weighted by Crippen LogP contribution is -2.29. The standard InChI is InChI=1S/C20H16N8O5/c1-32-13-7-6-10(9-14(13)33-2)16-15-17(19(29)23-22-16)21-20-24-25-26-27(20)18(15)11-4-3-5-12(8-11)28(30)31/h3-9,18H,1-2H3,(H,23,29)(H,21,24,26)/t18-/m1/s1. The number of nitrogens with one attached hydrogen (secondary N) is 2. The van der Waals surface area contributed by atoms with Crippen molar-refractivity contribution < 1.29 is 14.4 Å². The van der Waals surface area contributed by atoms with Gasteiger partial charge in [-0.1, -0.05) is 17.2 Å². The molecule has 0 radical (unpaired) electrons. The van der Waals surface area contributed by atoms with Crippen LogP contribution >= 0.6 is 0 Å². The smallest absolute Gasteiger partial charge is 0.288 e. The number of ether oxygens (including phenoxy) is 2. The van der Waals surface area contributed by atoms with Gasteiger partial charge in [-0.05, 0) is 34.2 Å². The highest BCUT2D eigenvalue weighted by Gasteiger charge is 2.35. The van der Waals surface area contributed by atoms with E-state index in [-0.39, 0.29) is 17.3 Å². The van der Waals surface area contributed by atoms with E-state index >= 15 is 0 Å². The summed E-state index contributed by atoms with van der Waals surface area (Å²) in [6.45, 7) is 0. The van der Waals surface area contributed by atoms with Crippen LogP contribution in [0.1, 0.15) is 17.2 Å². The molecule has 2 aromatic heterocycles. The highest BCUT2D eigenvalue weighted by Crippen LogP contribution is 2.42. The van der Waals surface area contributed by atoms with Gasteiger partial charge in [-0.3, -0.25) is 14.9 Å². The van der Waals surface area contributed by atoms with Crippen molar-refractivity contribution in [2.75, 3.05) is 19.5 Å². The zero-order valence-electron chi connectivity index (χ0n) is 17.3. The molecule has 4 aromatic rings. The normalized spacial score (nSPS) is 14.1. The zero-order chi connectivity index (χ0) is 23.1. The molecule has 1 aliphatic heterocycles. The van der Waals surface area contributed by atoms with Crippen molar-refractivity contribution in [2.45, 2.75) is 6.04 Å². The fourth-order valence-corrected chi connectivity index (χ4v) is 3.86. The van der Waals surface area contributed by atoms with Gasteiger partial charge in [0.25, 0.3) is 11.2 Å². The molecular weight excluding hydrogens is 432 g/mol. The first-order valence-electron chi connectivity index (χ1n) is 9.66. The summed E-state index contributed by atoms with van der Waals surface area (Å²) in [6, 6.07) is 10.5. The fourth-order valence-electron chi connectivity index (χ4n) is 3.86. The van der Waals surface area contributed by atoms with E-state index in [0.29, 0.717) is 33.9 Å². The Morgan fingerprint density at radius 2 is 1.94 bits per heavy atom. The zero-order valence-corrected chi connectivity index (χ0v) is 17.3. The lowest BCUT2D eigenvalue weighted by atomic mass is 9.92. The molecule has 5 rings (SSSR count). The van der Waals surface area contributed by atoms with Crippen molar-refractivity contribution >= 4 is 17.3 Å². The van der Waals surface area contributed by atoms with Gasteiger partial charge in [-0.25, -0.2) is 5.10 Å². The van der Waals surface area contributed by atoms with E-state index in [1.165, 1.54) is 31.0 Å². The number of aromatic amines is 1. The van der Waals surface area contributed by atoms with E-state index in [9.17, 15) is 14.9 Å². The Labute approximate surface area is 185 Å². The number of tetrazole rings is 1. The van der Waals surface area contributed by atoms with Crippen LogP contribution in [0.2, 0.25) is 0 Å². The molecule has 0 unspecified atom stereocenters. The number of non-ortho nitro benzene ring substituents is 1. The van der Waals surface area contributed by atoms with E-state index in [1.54, 1.807) is 30.3 Å². The Bertz CT molecular complexity index is 1450. The van der Waals surface area contributed by atoms with Crippen molar-refractivity contribution in [2.24, 2.45) is 0 Å². The number of H-pyrrole nitrogens is 1. The minimum atomic E-state index is -0.760. The average molecular weight is 448 g/mol. The van der Waals surface area contributed by atoms with E-state index in [1.807, 2.05) is 0 Å². The summed E-state index contributed by atoms with van der Waals surface area (Å²) in [5.41, 5.74) is 1.59. The summed E-state index contributed by atoms with van der Waals surface area (Å²) >= 11 is 0. The molecule has 13 nitrogen and oxygen atoms in total. The number of nitro groups is 1. The first-order valence-corrected chi connectivity index (χ1v) is 9.66. The highest BCUT2D eigenvalue weighted by molar-refractivity contribution is 5.76. The molecule has 1 aliphatic rings. The summed E-state index contributed by atoms with van der Waals surface area (Å²) in [7, 11) is 3.04. The van der Waals surface area contributed by atoms with E-state index in [4.69, 9.17) is 9.47 Å². The first-order chi connectivity index (χ1) is 16.0. The maximum absolute atomic E-state index is 12.7. The van der Waals surface area contributed by atoms with Crippen LogP contribution in [0.25, 0.3) is 11.3 Å². The van der Waals surface area contributed by atoms with Gasteiger partial charge in [-0.2, -0.15) is 9.78 Å². The maximum atomic E-state index is 12.7. The molecule has 0 saturated heterocycles. The van der Waals surface area contributed by atoms with Gasteiger partial charge >= 0.3 is 0 Å². The third-order valence-electron chi connectivity index (χ3n) is 5.32. The molecule has 1 atom stereocenters. The van der Waals surface area contributed by atoms with Gasteiger partial charge in [0.15, 0.2) is 11.5 Å². The summed E-state index contributed by atoms with van der Waals surface area (Å²) in [6.07, 6.45) is 0. The highest BCUT2D eigenvalue weighted by atomic mass is 16.6. The summed E-state index contributed by atoms with van der Waals surface area (Å²) < 4.78 is 12.2. The average Bonchev–Trinajstić information content (AvgIpc) is 3.31. The Balaban J connectivity index is 1.79. The van der Waals surface area contributed by atoms with E-state index in [2.05, 4.69) is 31.0 Å². The lowest BCUT2D eigenvalue weighted by molar-refractivity contribution is -0.384. The van der Waals surface area contributed by atoms with Crippen molar-refractivity contribution in [3.63, 3.8) is 0 Å². The maximum Gasteiger partial charge on any atom is 0.288 e. The Kier molecular flexibility index (Phi) is 4.70. The number of benzene rings is 2. The van der Waals surface area contributed by atoms with Crippen LogP contribution in [-0.4, -0.2) is 49.5 Å². The topological polar surface area (TPSA) is 163 Å². The van der Waals surface area contributed by atoms with Gasteiger partial charge in [0, 0.05) is 23.3 Å². The number of hydrogen-bond donors (Lipinski definition) is 2. The summed E-state index contributed by atoms with van der Waals surface area (Å²) in [5, 5.41) is 32.8. The van der Waals surface area contributed by atoms with Gasteiger partial charge in [0.1, 0.15) is 11.7 Å². The number of nitro benzene ring substituents is 1. The molecule has 2 N–H and O–H groups in total. The van der Waals surface area contributed by atoms with Crippen LogP contribution in [-0.2, 0) is 0 Å². The van der Waals surface area contributed by atoms with E-state index in [0.717, 1.165) is 0 Å². The van der Waals surface area contributed by atoms with Crippen molar-refractivity contribution in [3.05, 3.63) is 74.1 Å². The van der Waals surface area contributed by atoms with Crippen LogP contribution in [0.15, 0.2) is 47.3 Å². The Hall–Kier alpha value is -4.81. The second kappa shape index (κ2) is 7.71. The Morgan fingerprint density at radius 3 is 2.70 bits per heavy atom. The number of methoxy groups -OCH3 is 2. The molecule has 0 spiro atoms. The summed E-state index contributed by atoms with van der Waals surface area (Å²) in [5.74, 6) is 1.21. The Morgan fingerprint density at radius 1 is 1.12 bits per heavy atom. The molecular formula is C20H16N8O5. The van der Waals surface area contributed by atoms with Gasteiger partial charge in [0.05, 0.1) is 24.8 Å². The van der Waals surface area contributed by atoms with Gasteiger partial charge in [0.2, 0.25) is 5.95 Å².